The third kappa shape index (κ3) is 5.03. The first kappa shape index (κ1) is 19.9. The van der Waals surface area contributed by atoms with Gasteiger partial charge in [-0.05, 0) is 54.8 Å². The highest BCUT2D eigenvalue weighted by Crippen LogP contribution is 2.24. The summed E-state index contributed by atoms with van der Waals surface area (Å²) >= 11 is 9.22. The monoisotopic (exact) mass is 440 g/mol. The van der Waals surface area contributed by atoms with Crippen LogP contribution >= 0.6 is 27.5 Å². The van der Waals surface area contributed by atoms with E-state index < -0.39 is 9.84 Å². The Morgan fingerprint density at radius 1 is 1.16 bits per heavy atom. The molecule has 0 atom stereocenters. The van der Waals surface area contributed by atoms with Crippen LogP contribution < -0.4 is 0 Å². The molecular weight excluding hydrogens is 424 g/mol. The van der Waals surface area contributed by atoms with Crippen molar-refractivity contribution in [2.75, 3.05) is 11.1 Å². The Kier molecular flexibility index (Phi) is 6.99. The van der Waals surface area contributed by atoms with Crippen LogP contribution in [0.3, 0.4) is 0 Å². The fraction of sp³-hybridized carbons (Fsp3) is 0.211. The minimum Gasteiger partial charge on any atom is -0.289 e. The van der Waals surface area contributed by atoms with Crippen molar-refractivity contribution in [3.8, 4) is 0 Å². The molecule has 2 aromatic carbocycles. The van der Waals surface area contributed by atoms with Crippen LogP contribution in [0.15, 0.2) is 60.0 Å². The summed E-state index contributed by atoms with van der Waals surface area (Å²) < 4.78 is 25.2. The Hall–Kier alpha value is -1.43. The van der Waals surface area contributed by atoms with Gasteiger partial charge in [-0.15, -0.1) is 6.58 Å². The first-order valence-electron chi connectivity index (χ1n) is 7.72. The maximum atomic E-state index is 12.8. The molecule has 132 valence electrons. The van der Waals surface area contributed by atoms with E-state index in [-0.39, 0.29) is 22.0 Å². The van der Waals surface area contributed by atoms with Crippen LogP contribution in [0.1, 0.15) is 27.9 Å². The summed E-state index contributed by atoms with van der Waals surface area (Å²) in [5.41, 5.74) is 1.45. The molecule has 2 aromatic rings. The van der Waals surface area contributed by atoms with E-state index in [4.69, 9.17) is 11.6 Å². The summed E-state index contributed by atoms with van der Waals surface area (Å²) in [6, 6.07) is 11.4. The minimum atomic E-state index is -3.63. The number of hydrogen-bond donors (Lipinski definition) is 0. The normalized spacial score (nSPS) is 11.3. The number of aryl methyl sites for hydroxylation is 1. The highest BCUT2D eigenvalue weighted by molar-refractivity contribution is 9.09. The summed E-state index contributed by atoms with van der Waals surface area (Å²) in [5.74, 6) is -0.554. The zero-order valence-corrected chi connectivity index (χ0v) is 16.7. The molecule has 0 N–H and O–H groups in total. The van der Waals surface area contributed by atoms with E-state index in [1.807, 2.05) is 0 Å². The zero-order valence-electron chi connectivity index (χ0n) is 13.5. The molecule has 6 heteroatoms. The number of rotatable bonds is 8. The second kappa shape index (κ2) is 8.79. The van der Waals surface area contributed by atoms with E-state index in [0.717, 1.165) is 23.7 Å². The number of hydrogen-bond acceptors (Lipinski definition) is 3. The maximum Gasteiger partial charge on any atom is 0.194 e. The Bertz CT molecular complexity index is 874. The molecule has 0 amide bonds. The SMILES string of the molecule is C=CCS(=O)(=O)c1cc(CCCBr)ccc1C(=O)c1ccc(Cl)cc1. The first-order valence-corrected chi connectivity index (χ1v) is 10.9. The van der Waals surface area contributed by atoms with E-state index in [0.29, 0.717) is 10.6 Å². The van der Waals surface area contributed by atoms with Gasteiger partial charge in [0.15, 0.2) is 15.6 Å². The van der Waals surface area contributed by atoms with Gasteiger partial charge < -0.3 is 0 Å². The topological polar surface area (TPSA) is 51.2 Å². The van der Waals surface area contributed by atoms with Crippen molar-refractivity contribution in [3.63, 3.8) is 0 Å². The largest absolute Gasteiger partial charge is 0.289 e. The molecule has 0 aliphatic carbocycles. The van der Waals surface area contributed by atoms with Gasteiger partial charge in [-0.25, -0.2) is 8.42 Å². The smallest absolute Gasteiger partial charge is 0.194 e. The average molecular weight is 442 g/mol. The first-order chi connectivity index (χ1) is 11.9. The van der Waals surface area contributed by atoms with Gasteiger partial charge in [-0.3, -0.25) is 4.79 Å². The lowest BCUT2D eigenvalue weighted by Gasteiger charge is -2.11. The molecule has 0 spiro atoms. The van der Waals surface area contributed by atoms with E-state index >= 15 is 0 Å². The van der Waals surface area contributed by atoms with Gasteiger partial charge in [0.2, 0.25) is 0 Å². The van der Waals surface area contributed by atoms with Crippen LogP contribution in [0.5, 0.6) is 0 Å². The fourth-order valence-corrected chi connectivity index (χ4v) is 4.16. The molecule has 0 bridgehead atoms. The highest BCUT2D eigenvalue weighted by atomic mass is 79.9. The average Bonchev–Trinajstić information content (AvgIpc) is 2.60. The summed E-state index contributed by atoms with van der Waals surface area (Å²) in [6.07, 6.45) is 2.94. The molecular formula is C19H18BrClO3S. The fourth-order valence-electron chi connectivity index (χ4n) is 2.44. The van der Waals surface area contributed by atoms with Gasteiger partial charge in [-0.2, -0.15) is 0 Å². The summed E-state index contributed by atoms with van der Waals surface area (Å²) in [7, 11) is -3.63. The van der Waals surface area contributed by atoms with Crippen LogP contribution in [0.2, 0.25) is 5.02 Å². The molecule has 0 saturated heterocycles. The lowest BCUT2D eigenvalue weighted by molar-refractivity contribution is 0.103. The van der Waals surface area contributed by atoms with Crippen molar-refractivity contribution in [1.82, 2.24) is 0 Å². The lowest BCUT2D eigenvalue weighted by atomic mass is 10.0. The van der Waals surface area contributed by atoms with Crippen LogP contribution in [0, 0.1) is 0 Å². The van der Waals surface area contributed by atoms with E-state index in [2.05, 4.69) is 22.5 Å². The van der Waals surface area contributed by atoms with Crippen molar-refractivity contribution in [1.29, 1.82) is 0 Å². The van der Waals surface area contributed by atoms with Crippen LogP contribution in [-0.4, -0.2) is 25.3 Å². The number of carbonyl (C=O) groups excluding carboxylic acids is 1. The van der Waals surface area contributed by atoms with Gasteiger partial charge in [0.05, 0.1) is 10.6 Å². The molecule has 0 heterocycles. The van der Waals surface area contributed by atoms with Crippen molar-refractivity contribution >= 4 is 43.2 Å². The molecule has 0 unspecified atom stereocenters. The Balaban J connectivity index is 2.53. The minimum absolute atomic E-state index is 0.0550. The van der Waals surface area contributed by atoms with Crippen LogP contribution in [0.4, 0.5) is 0 Å². The van der Waals surface area contributed by atoms with Crippen molar-refractivity contribution in [3.05, 3.63) is 76.8 Å². The number of ketones is 1. The second-order valence-electron chi connectivity index (χ2n) is 5.53. The van der Waals surface area contributed by atoms with Gasteiger partial charge in [0, 0.05) is 21.5 Å². The molecule has 0 radical (unpaired) electrons. The van der Waals surface area contributed by atoms with Crippen LogP contribution in [-0.2, 0) is 16.3 Å². The number of benzene rings is 2. The molecule has 25 heavy (non-hydrogen) atoms. The Labute approximate surface area is 161 Å². The van der Waals surface area contributed by atoms with Gasteiger partial charge in [-0.1, -0.05) is 39.7 Å². The lowest BCUT2D eigenvalue weighted by Crippen LogP contribution is -2.13. The molecule has 3 nitrogen and oxygen atoms in total. The standard InChI is InChI=1S/C19H18BrClO3S/c1-2-12-25(23,24)18-13-14(4-3-11-20)5-10-17(18)19(22)15-6-8-16(21)9-7-15/h2,5-10,13H,1,3-4,11-12H2. The van der Waals surface area contributed by atoms with Gasteiger partial charge in [0.25, 0.3) is 0 Å². The van der Waals surface area contributed by atoms with E-state index in [1.54, 1.807) is 42.5 Å². The number of carbonyl (C=O) groups is 1. The van der Waals surface area contributed by atoms with E-state index in [9.17, 15) is 13.2 Å². The number of sulfone groups is 1. The maximum absolute atomic E-state index is 12.8. The molecule has 0 saturated carbocycles. The highest BCUT2D eigenvalue weighted by Gasteiger charge is 2.23. The van der Waals surface area contributed by atoms with Crippen molar-refractivity contribution in [2.45, 2.75) is 17.7 Å². The third-order valence-electron chi connectivity index (χ3n) is 3.67. The van der Waals surface area contributed by atoms with Crippen molar-refractivity contribution < 1.29 is 13.2 Å². The van der Waals surface area contributed by atoms with E-state index in [1.165, 1.54) is 6.08 Å². The van der Waals surface area contributed by atoms with Gasteiger partial charge in [0.1, 0.15) is 0 Å². The summed E-state index contributed by atoms with van der Waals surface area (Å²) in [4.78, 5) is 12.9. The van der Waals surface area contributed by atoms with Gasteiger partial charge >= 0.3 is 0 Å². The predicted molar refractivity (Wildman–Crippen MR) is 106 cm³/mol. The Morgan fingerprint density at radius 2 is 1.84 bits per heavy atom. The molecule has 0 aromatic heterocycles. The van der Waals surface area contributed by atoms with Crippen molar-refractivity contribution in [2.24, 2.45) is 0 Å². The number of alkyl halides is 1. The Morgan fingerprint density at radius 3 is 2.44 bits per heavy atom. The molecule has 0 aliphatic rings. The molecule has 0 fully saturated rings. The molecule has 2 rings (SSSR count). The molecule has 0 aliphatic heterocycles. The van der Waals surface area contributed by atoms with Crippen LogP contribution in [0.25, 0.3) is 0 Å². The number of halogens is 2. The quantitative estimate of drug-likeness (QED) is 0.334. The summed E-state index contributed by atoms with van der Waals surface area (Å²) in [6.45, 7) is 3.50. The second-order valence-corrected chi connectivity index (χ2v) is 8.76. The third-order valence-corrected chi connectivity index (χ3v) is 6.16. The summed E-state index contributed by atoms with van der Waals surface area (Å²) in [5, 5.41) is 1.34. The predicted octanol–water partition coefficient (Wildman–Crippen LogP) is 4.86. The zero-order chi connectivity index (χ0) is 18.4.